The van der Waals surface area contributed by atoms with Crippen LogP contribution in [0.5, 0.6) is 0 Å². The lowest BCUT2D eigenvalue weighted by Gasteiger charge is -2.16. The van der Waals surface area contributed by atoms with E-state index >= 15 is 0 Å². The van der Waals surface area contributed by atoms with Crippen LogP contribution in [-0.2, 0) is 4.79 Å². The molecule has 1 aromatic carbocycles. The first-order valence-corrected chi connectivity index (χ1v) is 8.68. The van der Waals surface area contributed by atoms with Crippen LogP contribution in [0.15, 0.2) is 40.1 Å². The first-order chi connectivity index (χ1) is 10.6. The van der Waals surface area contributed by atoms with Crippen LogP contribution >= 0.6 is 23.1 Å². The molecule has 0 saturated carbocycles. The number of hydrogen-bond acceptors (Lipinski definition) is 5. The van der Waals surface area contributed by atoms with Gasteiger partial charge in [-0.05, 0) is 6.92 Å². The minimum absolute atomic E-state index is 0.170. The lowest BCUT2D eigenvalue weighted by Crippen LogP contribution is -2.38. The van der Waals surface area contributed by atoms with E-state index in [0.29, 0.717) is 13.1 Å². The van der Waals surface area contributed by atoms with Crippen molar-refractivity contribution >= 4 is 35.0 Å². The Balaban J connectivity index is 1.67. The molecule has 0 radical (unpaired) electrons. The van der Waals surface area contributed by atoms with Gasteiger partial charge in [-0.15, -0.1) is 11.3 Å². The number of aromatic nitrogens is 1. The molecule has 22 heavy (non-hydrogen) atoms. The number of carbonyl (C=O) groups is 2. The van der Waals surface area contributed by atoms with Crippen molar-refractivity contribution in [3.05, 3.63) is 35.7 Å². The van der Waals surface area contributed by atoms with Gasteiger partial charge in [0.05, 0.1) is 10.9 Å². The summed E-state index contributed by atoms with van der Waals surface area (Å²) in [5.41, 5.74) is 1.97. The monoisotopic (exact) mass is 333 g/mol. The molecule has 7 heteroatoms. The highest BCUT2D eigenvalue weighted by Crippen LogP contribution is 2.31. The number of thiazole rings is 1. The Morgan fingerprint density at radius 2 is 2.18 bits per heavy atom. The molecule has 0 aliphatic carbocycles. The van der Waals surface area contributed by atoms with Crippen LogP contribution < -0.4 is 5.32 Å². The number of nitrogens with zero attached hydrogens (tertiary/aromatic N) is 2. The lowest BCUT2D eigenvalue weighted by atomic mass is 10.2. The molecule has 2 aromatic rings. The average molecular weight is 333 g/mol. The summed E-state index contributed by atoms with van der Waals surface area (Å²) in [6, 6.07) is 9.62. The van der Waals surface area contributed by atoms with Crippen molar-refractivity contribution in [3.63, 3.8) is 0 Å². The molecule has 1 fully saturated rings. The first kappa shape index (κ1) is 15.1. The molecular formula is C15H15N3O2S2. The summed E-state index contributed by atoms with van der Waals surface area (Å²) in [7, 11) is 0. The molecule has 0 bridgehead atoms. The highest BCUT2D eigenvalue weighted by Gasteiger charge is 2.30. The molecule has 1 saturated heterocycles. The second-order valence-electron chi connectivity index (χ2n) is 4.85. The predicted octanol–water partition coefficient (Wildman–Crippen LogP) is 2.84. The molecule has 3 amide bonds. The molecule has 1 aromatic heterocycles. The van der Waals surface area contributed by atoms with Crippen LogP contribution in [0, 0.1) is 0 Å². The Morgan fingerprint density at radius 1 is 1.41 bits per heavy atom. The lowest BCUT2D eigenvalue weighted by molar-refractivity contribution is -0.126. The molecule has 1 aliphatic rings. The van der Waals surface area contributed by atoms with Crippen LogP contribution in [0.4, 0.5) is 4.79 Å². The zero-order chi connectivity index (χ0) is 15.5. The molecule has 1 aliphatic heterocycles. The molecule has 2 heterocycles. The van der Waals surface area contributed by atoms with E-state index in [9.17, 15) is 9.59 Å². The summed E-state index contributed by atoms with van der Waals surface area (Å²) in [5.74, 6) is -0.170. The summed E-state index contributed by atoms with van der Waals surface area (Å²) < 4.78 is 0.833. The molecule has 3 rings (SSSR count). The number of thioether (sulfide) groups is 1. The smallest absolute Gasteiger partial charge is 0.324 e. The Labute approximate surface area is 136 Å². The number of hydrogen-bond donors (Lipinski definition) is 1. The number of carbonyl (C=O) groups excluding carboxylic acids is 2. The third-order valence-corrected chi connectivity index (χ3v) is 5.36. The van der Waals surface area contributed by atoms with E-state index in [0.717, 1.165) is 15.6 Å². The largest absolute Gasteiger partial charge is 0.336 e. The van der Waals surface area contributed by atoms with Crippen LogP contribution in [0.2, 0.25) is 0 Å². The highest BCUT2D eigenvalue weighted by atomic mass is 32.2. The fourth-order valence-corrected chi connectivity index (χ4v) is 4.19. The van der Waals surface area contributed by atoms with Crippen LogP contribution in [0.25, 0.3) is 11.3 Å². The van der Waals surface area contributed by atoms with Crippen molar-refractivity contribution in [2.75, 3.05) is 13.1 Å². The highest BCUT2D eigenvalue weighted by molar-refractivity contribution is 8.02. The Morgan fingerprint density at radius 3 is 2.86 bits per heavy atom. The SMILES string of the molecule is CC(Sc1nc(-c2ccccc2)cs1)C(=O)N1CCNC1=O. The Hall–Kier alpha value is -1.86. The van der Waals surface area contributed by atoms with E-state index in [2.05, 4.69) is 10.3 Å². The fraction of sp³-hybridized carbons (Fsp3) is 0.267. The summed E-state index contributed by atoms with van der Waals surface area (Å²) >= 11 is 2.91. The van der Waals surface area contributed by atoms with E-state index in [-0.39, 0.29) is 17.2 Å². The molecule has 1 N–H and O–H groups in total. The maximum Gasteiger partial charge on any atom is 0.324 e. The number of urea groups is 1. The summed E-state index contributed by atoms with van der Waals surface area (Å²) in [6.45, 7) is 2.77. The van der Waals surface area contributed by atoms with Crippen LogP contribution in [0.1, 0.15) is 6.92 Å². The van der Waals surface area contributed by atoms with Gasteiger partial charge in [0.25, 0.3) is 0 Å². The Kier molecular flexibility index (Phi) is 4.44. The minimum atomic E-state index is -0.335. The zero-order valence-electron chi connectivity index (χ0n) is 12.0. The molecular weight excluding hydrogens is 318 g/mol. The predicted molar refractivity (Wildman–Crippen MR) is 88.0 cm³/mol. The van der Waals surface area contributed by atoms with Gasteiger partial charge in [-0.2, -0.15) is 0 Å². The number of benzene rings is 1. The van der Waals surface area contributed by atoms with Crippen LogP contribution in [-0.4, -0.2) is 40.2 Å². The average Bonchev–Trinajstić information content (AvgIpc) is 3.16. The topological polar surface area (TPSA) is 62.3 Å². The number of imide groups is 1. The van der Waals surface area contributed by atoms with Crippen LogP contribution in [0.3, 0.4) is 0 Å². The first-order valence-electron chi connectivity index (χ1n) is 6.92. The third-order valence-electron chi connectivity index (χ3n) is 3.30. The van der Waals surface area contributed by atoms with Crippen molar-refractivity contribution in [1.82, 2.24) is 15.2 Å². The molecule has 5 nitrogen and oxygen atoms in total. The van der Waals surface area contributed by atoms with Gasteiger partial charge < -0.3 is 5.32 Å². The quantitative estimate of drug-likeness (QED) is 0.874. The fourth-order valence-electron chi connectivity index (χ4n) is 2.16. The number of amides is 3. The van der Waals surface area contributed by atoms with Gasteiger partial charge in [-0.3, -0.25) is 9.69 Å². The molecule has 0 spiro atoms. The number of rotatable bonds is 4. The van der Waals surface area contributed by atoms with Gasteiger partial charge >= 0.3 is 6.03 Å². The van der Waals surface area contributed by atoms with E-state index < -0.39 is 0 Å². The second-order valence-corrected chi connectivity index (χ2v) is 7.29. The summed E-state index contributed by atoms with van der Waals surface area (Å²) in [5, 5.41) is 4.29. The van der Waals surface area contributed by atoms with Gasteiger partial charge in [-0.25, -0.2) is 9.78 Å². The summed E-state index contributed by atoms with van der Waals surface area (Å²) in [6.07, 6.45) is 0. The maximum absolute atomic E-state index is 12.3. The van der Waals surface area contributed by atoms with Crippen molar-refractivity contribution in [3.8, 4) is 11.3 Å². The van der Waals surface area contributed by atoms with E-state index in [4.69, 9.17) is 0 Å². The van der Waals surface area contributed by atoms with Gasteiger partial charge in [0.1, 0.15) is 0 Å². The van der Waals surface area contributed by atoms with Gasteiger partial charge in [0, 0.05) is 24.0 Å². The maximum atomic E-state index is 12.3. The van der Waals surface area contributed by atoms with Gasteiger partial charge in [0.15, 0.2) is 4.34 Å². The number of nitrogens with one attached hydrogen (secondary N) is 1. The van der Waals surface area contributed by atoms with Crippen molar-refractivity contribution in [1.29, 1.82) is 0 Å². The molecule has 1 atom stereocenters. The van der Waals surface area contributed by atoms with Gasteiger partial charge in [-0.1, -0.05) is 42.1 Å². The molecule has 114 valence electrons. The summed E-state index contributed by atoms with van der Waals surface area (Å²) in [4.78, 5) is 29.6. The minimum Gasteiger partial charge on any atom is -0.336 e. The second kappa shape index (κ2) is 6.50. The third kappa shape index (κ3) is 3.15. The van der Waals surface area contributed by atoms with Crippen molar-refractivity contribution in [2.45, 2.75) is 16.5 Å². The zero-order valence-corrected chi connectivity index (χ0v) is 13.6. The molecule has 1 unspecified atom stereocenters. The van der Waals surface area contributed by atoms with Crippen molar-refractivity contribution in [2.24, 2.45) is 0 Å². The van der Waals surface area contributed by atoms with E-state index in [1.165, 1.54) is 28.0 Å². The van der Waals surface area contributed by atoms with E-state index in [1.807, 2.05) is 42.6 Å². The van der Waals surface area contributed by atoms with E-state index in [1.54, 1.807) is 0 Å². The standard InChI is InChI=1S/C15H15N3O2S2/c1-10(13(19)18-8-7-16-14(18)20)22-15-17-12(9-21-15)11-5-3-2-4-6-11/h2-6,9-10H,7-8H2,1H3,(H,16,20). The van der Waals surface area contributed by atoms with Crippen molar-refractivity contribution < 1.29 is 9.59 Å². The van der Waals surface area contributed by atoms with Gasteiger partial charge in [0.2, 0.25) is 5.91 Å². The normalized spacial score (nSPS) is 15.7. The Bertz CT molecular complexity index is 687.